The van der Waals surface area contributed by atoms with E-state index in [9.17, 15) is 0 Å². The van der Waals surface area contributed by atoms with Crippen LogP contribution in [0.4, 0.5) is 0 Å². The molecule has 0 aromatic heterocycles. The van der Waals surface area contributed by atoms with E-state index in [-0.39, 0.29) is 4.83 Å². The molecule has 19 heavy (non-hydrogen) atoms. The molecule has 5 heteroatoms. The molecular weight excluding hydrogens is 415 g/mol. The summed E-state index contributed by atoms with van der Waals surface area (Å²) >= 11 is 19.1. The zero-order valence-electron chi connectivity index (χ0n) is 9.96. The van der Waals surface area contributed by atoms with Crippen LogP contribution in [0.25, 0.3) is 0 Å². The fourth-order valence-corrected chi connectivity index (χ4v) is 3.08. The fourth-order valence-electron chi connectivity index (χ4n) is 1.75. The number of alkyl halides is 1. The minimum absolute atomic E-state index is 0.0188. The molecule has 1 unspecified atom stereocenters. The zero-order chi connectivity index (χ0) is 14.0. The monoisotopic (exact) mass is 422 g/mol. The quantitative estimate of drug-likeness (QED) is 0.529. The van der Waals surface area contributed by atoms with E-state index < -0.39 is 0 Å². The molecule has 2 rings (SSSR count). The maximum absolute atomic E-state index is 6.06. The molecule has 0 heterocycles. The lowest BCUT2D eigenvalue weighted by Crippen LogP contribution is -1.97. The van der Waals surface area contributed by atoms with Crippen molar-refractivity contribution in [2.24, 2.45) is 0 Å². The summed E-state index contributed by atoms with van der Waals surface area (Å²) in [5.41, 5.74) is 2.04. The van der Waals surface area contributed by atoms with E-state index in [1.807, 2.05) is 30.3 Å². The lowest BCUT2D eigenvalue weighted by atomic mass is 10.0. The molecule has 0 spiro atoms. The summed E-state index contributed by atoms with van der Waals surface area (Å²) in [4.78, 5) is -0.0188. The van der Waals surface area contributed by atoms with Crippen LogP contribution < -0.4 is 4.74 Å². The molecule has 0 aliphatic carbocycles. The maximum Gasteiger partial charge on any atom is 0.123 e. The van der Waals surface area contributed by atoms with Crippen LogP contribution in [-0.2, 0) is 0 Å². The first-order valence-electron chi connectivity index (χ1n) is 5.45. The standard InChI is InChI=1S/C14H10Br2Cl2O/c1-19-13-5-3-9(15)7-10(13)14(16)8-2-4-11(17)12(18)6-8/h2-7,14H,1H3. The van der Waals surface area contributed by atoms with Gasteiger partial charge in [-0.15, -0.1) is 0 Å². The van der Waals surface area contributed by atoms with Gasteiger partial charge in [0, 0.05) is 10.0 Å². The summed E-state index contributed by atoms with van der Waals surface area (Å²) in [5.74, 6) is 0.816. The minimum Gasteiger partial charge on any atom is -0.496 e. The van der Waals surface area contributed by atoms with Crippen molar-refractivity contribution >= 4 is 55.1 Å². The van der Waals surface area contributed by atoms with Gasteiger partial charge < -0.3 is 4.74 Å². The van der Waals surface area contributed by atoms with E-state index in [0.717, 1.165) is 21.3 Å². The molecule has 0 bridgehead atoms. The number of benzene rings is 2. The molecular formula is C14H10Br2Cl2O. The van der Waals surface area contributed by atoms with Gasteiger partial charge in [-0.05, 0) is 35.9 Å². The first kappa shape index (κ1) is 15.2. The van der Waals surface area contributed by atoms with Crippen molar-refractivity contribution in [3.05, 3.63) is 62.0 Å². The molecule has 0 saturated heterocycles. The van der Waals surface area contributed by atoms with Gasteiger partial charge in [0.25, 0.3) is 0 Å². The number of ether oxygens (including phenoxy) is 1. The summed E-state index contributed by atoms with van der Waals surface area (Å²) in [7, 11) is 1.65. The van der Waals surface area contributed by atoms with E-state index in [1.165, 1.54) is 0 Å². The van der Waals surface area contributed by atoms with Crippen LogP contribution in [0.2, 0.25) is 10.0 Å². The molecule has 100 valence electrons. The van der Waals surface area contributed by atoms with Gasteiger partial charge in [-0.3, -0.25) is 0 Å². The molecule has 0 aliphatic rings. The minimum atomic E-state index is -0.0188. The van der Waals surface area contributed by atoms with Crippen molar-refractivity contribution in [3.8, 4) is 5.75 Å². The Morgan fingerprint density at radius 1 is 1.05 bits per heavy atom. The molecule has 0 radical (unpaired) electrons. The van der Waals surface area contributed by atoms with E-state index in [0.29, 0.717) is 10.0 Å². The first-order valence-corrected chi connectivity index (χ1v) is 7.92. The topological polar surface area (TPSA) is 9.23 Å². The van der Waals surface area contributed by atoms with Crippen molar-refractivity contribution in [2.75, 3.05) is 7.11 Å². The van der Waals surface area contributed by atoms with Crippen LogP contribution >= 0.6 is 55.1 Å². The van der Waals surface area contributed by atoms with Gasteiger partial charge in [-0.25, -0.2) is 0 Å². The van der Waals surface area contributed by atoms with E-state index in [2.05, 4.69) is 31.9 Å². The van der Waals surface area contributed by atoms with Crippen molar-refractivity contribution in [3.63, 3.8) is 0 Å². The third-order valence-corrected chi connectivity index (χ3v) is 4.96. The predicted molar refractivity (Wildman–Crippen MR) is 87.9 cm³/mol. The Morgan fingerprint density at radius 3 is 2.42 bits per heavy atom. The molecule has 0 saturated carbocycles. The van der Waals surface area contributed by atoms with Gasteiger partial charge >= 0.3 is 0 Å². The van der Waals surface area contributed by atoms with Crippen molar-refractivity contribution in [2.45, 2.75) is 4.83 Å². The number of rotatable bonds is 3. The number of hydrogen-bond donors (Lipinski definition) is 0. The van der Waals surface area contributed by atoms with Crippen LogP contribution in [0.5, 0.6) is 5.75 Å². The molecule has 1 nitrogen and oxygen atoms in total. The zero-order valence-corrected chi connectivity index (χ0v) is 14.6. The van der Waals surface area contributed by atoms with E-state index in [1.54, 1.807) is 13.2 Å². The summed E-state index contributed by atoms with van der Waals surface area (Å²) < 4.78 is 6.38. The second-order valence-electron chi connectivity index (χ2n) is 3.92. The normalized spacial score (nSPS) is 12.3. The van der Waals surface area contributed by atoms with Crippen LogP contribution in [0, 0.1) is 0 Å². The largest absolute Gasteiger partial charge is 0.496 e. The van der Waals surface area contributed by atoms with Gasteiger partial charge in [0.05, 0.1) is 22.0 Å². The molecule has 2 aromatic carbocycles. The van der Waals surface area contributed by atoms with Crippen molar-refractivity contribution in [1.29, 1.82) is 0 Å². The van der Waals surface area contributed by atoms with Crippen LogP contribution in [-0.4, -0.2) is 7.11 Å². The first-order chi connectivity index (χ1) is 9.02. The number of halogens is 4. The Labute approximate surface area is 139 Å². The second kappa shape index (κ2) is 6.49. The Bertz CT molecular complexity index is 602. The Morgan fingerprint density at radius 2 is 1.79 bits per heavy atom. The highest BCUT2D eigenvalue weighted by atomic mass is 79.9. The Kier molecular flexibility index (Phi) is 5.18. The number of methoxy groups -OCH3 is 1. The highest BCUT2D eigenvalue weighted by Gasteiger charge is 2.16. The lowest BCUT2D eigenvalue weighted by molar-refractivity contribution is 0.410. The average Bonchev–Trinajstić information content (AvgIpc) is 2.41. The van der Waals surface area contributed by atoms with Gasteiger partial charge in [0.15, 0.2) is 0 Å². The number of hydrogen-bond acceptors (Lipinski definition) is 1. The van der Waals surface area contributed by atoms with Crippen molar-refractivity contribution < 1.29 is 4.74 Å². The summed E-state index contributed by atoms with van der Waals surface area (Å²) in [6, 6.07) is 11.5. The molecule has 1 atom stereocenters. The highest BCUT2D eigenvalue weighted by Crippen LogP contribution is 2.39. The molecule has 0 N–H and O–H groups in total. The van der Waals surface area contributed by atoms with Crippen LogP contribution in [0.1, 0.15) is 16.0 Å². The molecule has 0 amide bonds. The van der Waals surface area contributed by atoms with E-state index in [4.69, 9.17) is 27.9 Å². The molecule has 0 fully saturated rings. The van der Waals surface area contributed by atoms with Gasteiger partial charge in [-0.2, -0.15) is 0 Å². The third-order valence-electron chi connectivity index (χ3n) is 2.70. The van der Waals surface area contributed by atoms with Gasteiger partial charge in [0.1, 0.15) is 5.75 Å². The SMILES string of the molecule is COc1ccc(Br)cc1C(Br)c1ccc(Cl)c(Cl)c1. The third kappa shape index (κ3) is 3.46. The lowest BCUT2D eigenvalue weighted by Gasteiger charge is -2.15. The average molecular weight is 425 g/mol. The Hall–Kier alpha value is -0.220. The van der Waals surface area contributed by atoms with Gasteiger partial charge in [0.2, 0.25) is 0 Å². The van der Waals surface area contributed by atoms with Gasteiger partial charge in [-0.1, -0.05) is 61.1 Å². The molecule has 2 aromatic rings. The maximum atomic E-state index is 6.06. The van der Waals surface area contributed by atoms with Crippen LogP contribution in [0.15, 0.2) is 40.9 Å². The molecule has 0 aliphatic heterocycles. The Balaban J connectivity index is 2.45. The highest BCUT2D eigenvalue weighted by molar-refractivity contribution is 9.10. The second-order valence-corrected chi connectivity index (χ2v) is 6.57. The summed E-state index contributed by atoms with van der Waals surface area (Å²) in [5, 5.41) is 1.09. The summed E-state index contributed by atoms with van der Waals surface area (Å²) in [6.07, 6.45) is 0. The fraction of sp³-hybridized carbons (Fsp3) is 0.143. The van der Waals surface area contributed by atoms with Crippen molar-refractivity contribution in [1.82, 2.24) is 0 Å². The smallest absolute Gasteiger partial charge is 0.123 e. The summed E-state index contributed by atoms with van der Waals surface area (Å²) in [6.45, 7) is 0. The van der Waals surface area contributed by atoms with E-state index >= 15 is 0 Å². The predicted octanol–water partition coefficient (Wildman–Crippen LogP) is 6.25. The van der Waals surface area contributed by atoms with Crippen LogP contribution in [0.3, 0.4) is 0 Å².